The Hall–Kier alpha value is -3.42. The van der Waals surface area contributed by atoms with Crippen LogP contribution in [0.15, 0.2) is 60.7 Å². The van der Waals surface area contributed by atoms with Crippen molar-refractivity contribution >= 4 is 23.4 Å². The van der Waals surface area contributed by atoms with E-state index in [2.05, 4.69) is 0 Å². The number of nitrogens with zero attached hydrogens (tertiary/aromatic N) is 4. The summed E-state index contributed by atoms with van der Waals surface area (Å²) in [6, 6.07) is 16.4. The van der Waals surface area contributed by atoms with Gasteiger partial charge < -0.3 is 0 Å². The van der Waals surface area contributed by atoms with Gasteiger partial charge in [0.2, 0.25) is 6.54 Å². The van der Waals surface area contributed by atoms with Crippen LogP contribution in [0.25, 0.3) is 0 Å². The largest absolute Gasteiger partial charge is 0.339 e. The van der Waals surface area contributed by atoms with Crippen LogP contribution in [0.2, 0.25) is 0 Å². The molecule has 2 fully saturated rings. The Bertz CT molecular complexity index is 889. The van der Waals surface area contributed by atoms with Gasteiger partial charge in [-0.2, -0.15) is 0 Å². The molecule has 0 saturated carbocycles. The van der Waals surface area contributed by atoms with E-state index in [0.29, 0.717) is 30.8 Å². The van der Waals surface area contributed by atoms with Gasteiger partial charge in [0.25, 0.3) is 0 Å². The Morgan fingerprint density at radius 1 is 0.926 bits per heavy atom. The maximum atomic E-state index is 13.4. The monoisotopic (exact) mass is 366 g/mol. The Kier molecular flexibility index (Phi) is 4.02. The highest BCUT2D eigenvalue weighted by Gasteiger charge is 2.60. The minimum absolute atomic E-state index is 0.364. The van der Waals surface area contributed by atoms with Crippen molar-refractivity contribution in [2.45, 2.75) is 18.5 Å². The Morgan fingerprint density at radius 2 is 1.52 bits per heavy atom. The number of fused-ring (bicyclic) bond motifs is 1. The molecule has 0 radical (unpaired) electrons. The van der Waals surface area contributed by atoms with Gasteiger partial charge in [-0.05, 0) is 37.1 Å². The van der Waals surface area contributed by atoms with E-state index in [1.807, 2.05) is 6.07 Å². The molecule has 2 aromatic carbocycles. The third-order valence-electron chi connectivity index (χ3n) is 5.09. The molecule has 2 aliphatic heterocycles. The molecule has 2 aromatic rings. The Balaban J connectivity index is 1.89. The van der Waals surface area contributed by atoms with E-state index < -0.39 is 29.2 Å². The van der Waals surface area contributed by atoms with Crippen LogP contribution in [0.3, 0.4) is 0 Å². The van der Waals surface area contributed by atoms with E-state index in [1.54, 1.807) is 54.6 Å². The molecule has 0 unspecified atom stereocenters. The molecular formula is C19H18N4O4. The van der Waals surface area contributed by atoms with Gasteiger partial charge >= 0.3 is 12.1 Å². The lowest BCUT2D eigenvalue weighted by atomic mass is 10.0. The van der Waals surface area contributed by atoms with Gasteiger partial charge in [-0.3, -0.25) is 19.9 Å². The zero-order chi connectivity index (χ0) is 19.0. The van der Waals surface area contributed by atoms with Crippen LogP contribution in [0, 0.1) is 10.1 Å². The number of hydrogen-bond acceptors (Lipinski definition) is 4. The minimum atomic E-state index is -1.29. The van der Waals surface area contributed by atoms with Gasteiger partial charge in [0.1, 0.15) is 0 Å². The molecule has 4 rings (SSSR count). The van der Waals surface area contributed by atoms with Crippen molar-refractivity contribution < 1.29 is 14.5 Å². The predicted octanol–water partition coefficient (Wildman–Crippen LogP) is 3.32. The van der Waals surface area contributed by atoms with Crippen LogP contribution in [-0.2, 0) is 0 Å². The molecule has 0 aliphatic carbocycles. The standard InChI is InChI=1S/C19H18N4O4/c24-17-20-13-7-12-19(20,14-21(26)27)23(16-10-5-2-6-11-16)18(25)22(17)15-8-3-1-4-9-15/h1-6,8-11H,7,12-14H2/t19-/m0/s1. The number of carbonyl (C=O) groups excluding carboxylic acids is 2. The first kappa shape index (κ1) is 17.0. The normalized spacial score (nSPS) is 22.1. The topological polar surface area (TPSA) is 87.0 Å². The molecule has 8 nitrogen and oxygen atoms in total. The van der Waals surface area contributed by atoms with E-state index in [4.69, 9.17) is 0 Å². The molecule has 4 amide bonds. The zero-order valence-electron chi connectivity index (χ0n) is 14.5. The predicted molar refractivity (Wildman–Crippen MR) is 99.2 cm³/mol. The highest BCUT2D eigenvalue weighted by atomic mass is 16.6. The van der Waals surface area contributed by atoms with Crippen LogP contribution >= 0.6 is 0 Å². The van der Waals surface area contributed by atoms with E-state index in [0.717, 1.165) is 4.90 Å². The molecule has 138 valence electrons. The second-order valence-corrected chi connectivity index (χ2v) is 6.64. The van der Waals surface area contributed by atoms with E-state index in [1.165, 1.54) is 9.80 Å². The number of hydrogen-bond donors (Lipinski definition) is 0. The molecule has 0 spiro atoms. The fourth-order valence-corrected chi connectivity index (χ4v) is 4.02. The van der Waals surface area contributed by atoms with Gasteiger partial charge in [-0.25, -0.2) is 14.5 Å². The van der Waals surface area contributed by atoms with Gasteiger partial charge in [-0.1, -0.05) is 36.4 Å². The van der Waals surface area contributed by atoms with Crippen molar-refractivity contribution in [3.05, 3.63) is 70.8 Å². The lowest BCUT2D eigenvalue weighted by Gasteiger charge is -2.50. The van der Waals surface area contributed by atoms with Gasteiger partial charge in [0.15, 0.2) is 5.66 Å². The number of imide groups is 1. The van der Waals surface area contributed by atoms with Crippen molar-refractivity contribution in [2.24, 2.45) is 0 Å². The summed E-state index contributed by atoms with van der Waals surface area (Å²) in [6.45, 7) is -0.144. The number of amides is 4. The quantitative estimate of drug-likeness (QED) is 0.613. The summed E-state index contributed by atoms with van der Waals surface area (Å²) in [7, 11) is 0. The number of anilines is 2. The number of nitro groups is 1. The summed E-state index contributed by atoms with van der Waals surface area (Å²) >= 11 is 0. The maximum absolute atomic E-state index is 13.4. The van der Waals surface area contributed by atoms with Crippen molar-refractivity contribution in [3.8, 4) is 0 Å². The van der Waals surface area contributed by atoms with E-state index in [-0.39, 0.29) is 0 Å². The second kappa shape index (κ2) is 6.39. The van der Waals surface area contributed by atoms with Crippen LogP contribution in [0.1, 0.15) is 12.8 Å². The molecule has 8 heteroatoms. The number of carbonyl (C=O) groups is 2. The lowest BCUT2D eigenvalue weighted by Crippen LogP contribution is -2.74. The summed E-state index contributed by atoms with van der Waals surface area (Å²) in [5, 5.41) is 11.5. The number of rotatable bonds is 4. The lowest BCUT2D eigenvalue weighted by molar-refractivity contribution is -0.493. The van der Waals surface area contributed by atoms with Crippen molar-refractivity contribution in [3.63, 3.8) is 0 Å². The summed E-state index contributed by atoms with van der Waals surface area (Å²) in [4.78, 5) is 41.6. The van der Waals surface area contributed by atoms with E-state index in [9.17, 15) is 19.7 Å². The molecule has 0 bridgehead atoms. The molecule has 2 aliphatic rings. The Morgan fingerprint density at radius 3 is 2.11 bits per heavy atom. The summed E-state index contributed by atoms with van der Waals surface area (Å²) in [6.07, 6.45) is 0.960. The summed E-state index contributed by atoms with van der Waals surface area (Å²) in [5.41, 5.74) is -0.315. The van der Waals surface area contributed by atoms with Crippen molar-refractivity contribution in [1.82, 2.24) is 4.90 Å². The summed E-state index contributed by atoms with van der Waals surface area (Å²) in [5.74, 6) is 0. The molecule has 0 aromatic heterocycles. The molecule has 27 heavy (non-hydrogen) atoms. The minimum Gasteiger partial charge on any atom is -0.294 e. The molecule has 0 N–H and O–H groups in total. The van der Waals surface area contributed by atoms with Crippen LogP contribution in [0.5, 0.6) is 0 Å². The van der Waals surface area contributed by atoms with Gasteiger partial charge in [0, 0.05) is 17.2 Å². The smallest absolute Gasteiger partial charge is 0.294 e. The summed E-state index contributed by atoms with van der Waals surface area (Å²) < 4.78 is 0. The van der Waals surface area contributed by atoms with Gasteiger partial charge in [-0.15, -0.1) is 0 Å². The highest BCUT2D eigenvalue weighted by molar-refractivity contribution is 6.21. The van der Waals surface area contributed by atoms with Crippen molar-refractivity contribution in [1.29, 1.82) is 0 Å². The molecule has 2 saturated heterocycles. The highest BCUT2D eigenvalue weighted by Crippen LogP contribution is 2.42. The fraction of sp³-hybridized carbons (Fsp3) is 0.263. The second-order valence-electron chi connectivity index (χ2n) is 6.64. The fourth-order valence-electron chi connectivity index (χ4n) is 4.02. The first-order chi connectivity index (χ1) is 13.0. The SMILES string of the molecule is O=C1N(c2ccccc2)C(=O)N(c2ccccc2)[C@]2(C[N+](=O)[O-])CCCN12. The third-order valence-corrected chi connectivity index (χ3v) is 5.09. The van der Waals surface area contributed by atoms with Crippen LogP contribution < -0.4 is 9.80 Å². The van der Waals surface area contributed by atoms with Crippen LogP contribution in [0.4, 0.5) is 21.0 Å². The van der Waals surface area contributed by atoms with Gasteiger partial charge in [0.05, 0.1) is 5.69 Å². The zero-order valence-corrected chi connectivity index (χ0v) is 14.5. The average Bonchev–Trinajstić information content (AvgIpc) is 3.07. The van der Waals surface area contributed by atoms with Crippen molar-refractivity contribution in [2.75, 3.05) is 22.9 Å². The number of benzene rings is 2. The molecule has 2 heterocycles. The first-order valence-electron chi connectivity index (χ1n) is 8.72. The third kappa shape index (κ3) is 2.61. The average molecular weight is 366 g/mol. The number of para-hydroxylation sites is 2. The molecular weight excluding hydrogens is 348 g/mol. The molecule has 1 atom stereocenters. The maximum Gasteiger partial charge on any atom is 0.339 e. The van der Waals surface area contributed by atoms with E-state index >= 15 is 0 Å². The van der Waals surface area contributed by atoms with Crippen LogP contribution in [-0.4, -0.2) is 40.6 Å². The number of urea groups is 2. The first-order valence-corrected chi connectivity index (χ1v) is 8.72. The Labute approximate surface area is 155 Å².